The monoisotopic (exact) mass is 349 g/mol. The Morgan fingerprint density at radius 2 is 1.76 bits per heavy atom. The van der Waals surface area contributed by atoms with E-state index in [1.165, 1.54) is 0 Å². The topological polar surface area (TPSA) is 17.8 Å². The van der Waals surface area contributed by atoms with Crippen molar-refractivity contribution in [2.75, 3.05) is 0 Å². The molecule has 0 unspecified atom stereocenters. The first kappa shape index (κ1) is 12.5. The SMILES string of the molecule is FC(F)(F)c1ccnn1-c1ccc([B]I)cc1. The highest BCUT2D eigenvalue weighted by molar-refractivity contribution is 14.1. The summed E-state index contributed by atoms with van der Waals surface area (Å²) in [7, 11) is 0. The van der Waals surface area contributed by atoms with Crippen molar-refractivity contribution in [3.63, 3.8) is 0 Å². The Balaban J connectivity index is 2.43. The third kappa shape index (κ3) is 2.64. The first-order valence-electron chi connectivity index (χ1n) is 4.67. The third-order valence-electron chi connectivity index (χ3n) is 2.20. The van der Waals surface area contributed by atoms with Gasteiger partial charge in [-0.1, -0.05) is 17.6 Å². The van der Waals surface area contributed by atoms with Gasteiger partial charge < -0.3 is 0 Å². The molecule has 0 amide bonds. The van der Waals surface area contributed by atoms with Crippen LogP contribution in [-0.2, 0) is 6.18 Å². The molecule has 0 N–H and O–H groups in total. The minimum absolute atomic E-state index is 0.393. The van der Waals surface area contributed by atoms with Gasteiger partial charge in [0.05, 0.1) is 11.9 Å². The van der Waals surface area contributed by atoms with E-state index in [0.29, 0.717) is 5.69 Å². The quantitative estimate of drug-likeness (QED) is 0.602. The van der Waals surface area contributed by atoms with E-state index in [9.17, 15) is 13.2 Å². The summed E-state index contributed by atoms with van der Waals surface area (Å²) in [5.41, 5.74) is 0.558. The summed E-state index contributed by atoms with van der Waals surface area (Å²) in [6.07, 6.45) is -3.26. The second-order valence-electron chi connectivity index (χ2n) is 3.33. The van der Waals surface area contributed by atoms with Crippen LogP contribution in [0.3, 0.4) is 0 Å². The number of aromatic nitrogens is 2. The number of rotatable bonds is 2. The van der Waals surface area contributed by atoms with Crippen molar-refractivity contribution in [1.29, 1.82) is 0 Å². The lowest BCUT2D eigenvalue weighted by Gasteiger charge is -2.10. The van der Waals surface area contributed by atoms with Crippen LogP contribution in [0.4, 0.5) is 13.2 Å². The summed E-state index contributed by atoms with van der Waals surface area (Å²) in [5.74, 6) is 0. The zero-order valence-electron chi connectivity index (χ0n) is 8.45. The predicted molar refractivity (Wildman–Crippen MR) is 68.0 cm³/mol. The lowest BCUT2D eigenvalue weighted by molar-refractivity contribution is -0.142. The van der Waals surface area contributed by atoms with Gasteiger partial charge in [-0.3, -0.25) is 0 Å². The van der Waals surface area contributed by atoms with Crippen LogP contribution in [0.25, 0.3) is 5.69 Å². The minimum Gasteiger partial charge on any atom is -0.229 e. The van der Waals surface area contributed by atoms with Gasteiger partial charge >= 0.3 is 6.18 Å². The Hall–Kier alpha value is -0.985. The average molecular weight is 349 g/mol. The van der Waals surface area contributed by atoms with Crippen LogP contribution >= 0.6 is 22.4 Å². The van der Waals surface area contributed by atoms with Gasteiger partial charge in [0.15, 0.2) is 0 Å². The maximum Gasteiger partial charge on any atom is 0.433 e. The molecule has 2 rings (SSSR count). The van der Waals surface area contributed by atoms with Gasteiger partial charge in [-0.2, -0.15) is 40.6 Å². The van der Waals surface area contributed by atoms with E-state index in [1.54, 1.807) is 24.3 Å². The van der Waals surface area contributed by atoms with Crippen molar-refractivity contribution in [1.82, 2.24) is 9.78 Å². The maximum absolute atomic E-state index is 12.6. The molecule has 0 saturated carbocycles. The average Bonchev–Trinajstić information content (AvgIpc) is 2.78. The second-order valence-corrected chi connectivity index (χ2v) is 3.95. The molecular formula is C10H6BF3IN2. The molecule has 2 aromatic rings. The Morgan fingerprint density at radius 3 is 2.29 bits per heavy atom. The third-order valence-corrected chi connectivity index (χ3v) is 2.92. The smallest absolute Gasteiger partial charge is 0.229 e. The van der Waals surface area contributed by atoms with Gasteiger partial charge in [0, 0.05) is 0 Å². The summed E-state index contributed by atoms with van der Waals surface area (Å²) in [5, 5.41) is 5.54. The maximum atomic E-state index is 12.6. The molecule has 87 valence electrons. The number of halogens is 4. The van der Waals surface area contributed by atoms with Gasteiger partial charge in [-0.05, 0) is 18.2 Å². The highest BCUT2D eigenvalue weighted by Crippen LogP contribution is 2.30. The van der Waals surface area contributed by atoms with Crippen molar-refractivity contribution >= 4 is 33.0 Å². The van der Waals surface area contributed by atoms with Gasteiger partial charge in [-0.15, -0.1) is 0 Å². The molecule has 1 heterocycles. The van der Waals surface area contributed by atoms with Gasteiger partial charge in [0.2, 0.25) is 5.14 Å². The van der Waals surface area contributed by atoms with Crippen LogP contribution in [-0.4, -0.2) is 14.9 Å². The highest BCUT2D eigenvalue weighted by Gasteiger charge is 2.35. The molecule has 0 spiro atoms. The van der Waals surface area contributed by atoms with Crippen LogP contribution in [0.2, 0.25) is 0 Å². The van der Waals surface area contributed by atoms with Gasteiger partial charge in [0.1, 0.15) is 5.69 Å². The molecule has 0 aliphatic heterocycles. The van der Waals surface area contributed by atoms with Crippen molar-refractivity contribution < 1.29 is 13.2 Å². The number of nitrogens with zero attached hydrogens (tertiary/aromatic N) is 2. The summed E-state index contributed by atoms with van der Waals surface area (Å²) >= 11 is 2.07. The Labute approximate surface area is 110 Å². The molecule has 1 radical (unpaired) electrons. The largest absolute Gasteiger partial charge is 0.433 e. The van der Waals surface area contributed by atoms with E-state index in [1.807, 2.05) is 5.14 Å². The first-order chi connectivity index (χ1) is 8.02. The van der Waals surface area contributed by atoms with Crippen LogP contribution in [0.15, 0.2) is 36.5 Å². The van der Waals surface area contributed by atoms with Crippen molar-refractivity contribution in [3.05, 3.63) is 42.2 Å². The van der Waals surface area contributed by atoms with Crippen LogP contribution in [0.1, 0.15) is 5.69 Å². The molecule has 0 bridgehead atoms. The van der Waals surface area contributed by atoms with Crippen molar-refractivity contribution in [2.45, 2.75) is 6.18 Å². The fourth-order valence-corrected chi connectivity index (χ4v) is 1.83. The molecule has 7 heteroatoms. The molecule has 0 aliphatic carbocycles. The second kappa shape index (κ2) is 4.71. The van der Waals surface area contributed by atoms with E-state index >= 15 is 0 Å². The molecule has 2 nitrogen and oxygen atoms in total. The van der Waals surface area contributed by atoms with E-state index < -0.39 is 11.9 Å². The minimum atomic E-state index is -4.40. The fraction of sp³-hybridized carbons (Fsp3) is 0.100. The number of hydrogen-bond acceptors (Lipinski definition) is 1. The highest BCUT2D eigenvalue weighted by atomic mass is 127. The van der Waals surface area contributed by atoms with Gasteiger partial charge in [-0.25, -0.2) is 4.68 Å². The molecule has 0 aliphatic rings. The van der Waals surface area contributed by atoms with Crippen LogP contribution < -0.4 is 5.46 Å². The van der Waals surface area contributed by atoms with E-state index in [4.69, 9.17) is 0 Å². The van der Waals surface area contributed by atoms with Crippen molar-refractivity contribution in [2.24, 2.45) is 0 Å². The molecular weight excluding hydrogens is 343 g/mol. The number of benzene rings is 1. The summed E-state index contributed by atoms with van der Waals surface area (Å²) in [6, 6.07) is 7.64. The normalized spacial score (nSPS) is 11.5. The first-order valence-corrected chi connectivity index (χ1v) is 5.92. The number of alkyl halides is 3. The molecule has 0 saturated heterocycles. The zero-order valence-corrected chi connectivity index (χ0v) is 10.6. The summed E-state index contributed by atoms with van der Waals surface area (Å²) in [6.45, 7) is 0. The predicted octanol–water partition coefficient (Wildman–Crippen LogP) is 2.57. The standard InChI is InChI=1S/C10H6BF3IN2/c12-10(13,14)9-5-6-16-17(9)8-3-1-7(11-15)2-4-8/h1-6H. The van der Waals surface area contributed by atoms with Crippen LogP contribution in [0, 0.1) is 0 Å². The van der Waals surface area contributed by atoms with E-state index in [-0.39, 0.29) is 0 Å². The lowest BCUT2D eigenvalue weighted by Crippen LogP contribution is -2.14. The lowest BCUT2D eigenvalue weighted by atomic mass is 9.96. The summed E-state index contributed by atoms with van der Waals surface area (Å²) < 4.78 is 38.8. The van der Waals surface area contributed by atoms with Crippen molar-refractivity contribution in [3.8, 4) is 5.69 Å². The van der Waals surface area contributed by atoms with Gasteiger partial charge in [0.25, 0.3) is 0 Å². The molecule has 1 aromatic heterocycles. The molecule has 0 fully saturated rings. The molecule has 0 atom stereocenters. The van der Waals surface area contributed by atoms with E-state index in [2.05, 4.69) is 27.5 Å². The molecule has 17 heavy (non-hydrogen) atoms. The Bertz CT molecular complexity index is 507. The zero-order chi connectivity index (χ0) is 12.5. The Kier molecular flexibility index (Phi) is 3.46. The fourth-order valence-electron chi connectivity index (χ4n) is 1.41. The van der Waals surface area contributed by atoms with E-state index in [0.717, 1.165) is 22.4 Å². The van der Waals surface area contributed by atoms with Crippen LogP contribution in [0.5, 0.6) is 0 Å². The summed E-state index contributed by atoms with van der Waals surface area (Å²) in [4.78, 5) is 0. The number of hydrogen-bond donors (Lipinski definition) is 0. The molecule has 1 aromatic carbocycles. The Morgan fingerprint density at radius 1 is 1.12 bits per heavy atom.